The third-order valence-corrected chi connectivity index (χ3v) is 4.74. The quantitative estimate of drug-likeness (QED) is 0.820. The molecular formula is C16H20N2O2. The summed E-state index contributed by atoms with van der Waals surface area (Å²) in [5.41, 5.74) is 0.693. The molecule has 4 nitrogen and oxygen atoms in total. The zero-order valence-electron chi connectivity index (χ0n) is 11.8. The van der Waals surface area contributed by atoms with E-state index >= 15 is 0 Å². The van der Waals surface area contributed by atoms with Gasteiger partial charge in [0.1, 0.15) is 11.9 Å². The smallest absolute Gasteiger partial charge is 0.257 e. The molecule has 0 bridgehead atoms. The van der Waals surface area contributed by atoms with Crippen LogP contribution in [0.5, 0.6) is 5.75 Å². The molecule has 0 N–H and O–H groups in total. The summed E-state index contributed by atoms with van der Waals surface area (Å²) >= 11 is 0. The summed E-state index contributed by atoms with van der Waals surface area (Å²) in [6, 6.07) is 7.77. The first kappa shape index (κ1) is 12.2. The number of amides is 1. The topological polar surface area (TPSA) is 32.8 Å². The molecule has 1 aliphatic carbocycles. The molecule has 106 valence electrons. The van der Waals surface area contributed by atoms with Gasteiger partial charge in [-0.3, -0.25) is 9.69 Å². The molecule has 0 aromatic heterocycles. The summed E-state index contributed by atoms with van der Waals surface area (Å²) in [5.74, 6) is 1.71. The van der Waals surface area contributed by atoms with E-state index in [-0.39, 0.29) is 18.1 Å². The number of hydrogen-bond acceptors (Lipinski definition) is 3. The van der Waals surface area contributed by atoms with Gasteiger partial charge in [0, 0.05) is 26.7 Å². The molecule has 2 fully saturated rings. The van der Waals surface area contributed by atoms with Crippen molar-refractivity contribution in [1.82, 2.24) is 9.80 Å². The molecule has 0 radical (unpaired) electrons. The Balaban J connectivity index is 1.60. The van der Waals surface area contributed by atoms with Crippen molar-refractivity contribution in [2.75, 3.05) is 26.7 Å². The fourth-order valence-electron chi connectivity index (χ4n) is 3.38. The first-order valence-corrected chi connectivity index (χ1v) is 7.47. The van der Waals surface area contributed by atoms with Gasteiger partial charge in [0.2, 0.25) is 0 Å². The highest BCUT2D eigenvalue weighted by Crippen LogP contribution is 2.34. The van der Waals surface area contributed by atoms with Gasteiger partial charge in [0.25, 0.3) is 5.91 Å². The lowest BCUT2D eigenvalue weighted by Gasteiger charge is -2.25. The molecule has 20 heavy (non-hydrogen) atoms. The van der Waals surface area contributed by atoms with Crippen LogP contribution >= 0.6 is 0 Å². The van der Waals surface area contributed by atoms with Gasteiger partial charge in [-0.15, -0.1) is 0 Å². The van der Waals surface area contributed by atoms with E-state index in [2.05, 4.69) is 4.90 Å². The molecule has 1 aromatic rings. The Kier molecular flexibility index (Phi) is 2.74. The maximum Gasteiger partial charge on any atom is 0.257 e. The summed E-state index contributed by atoms with van der Waals surface area (Å²) in [6.45, 7) is 3.05. The normalized spacial score (nSPS) is 29.6. The highest BCUT2D eigenvalue weighted by atomic mass is 16.5. The van der Waals surface area contributed by atoms with Gasteiger partial charge in [0.05, 0.1) is 11.6 Å². The van der Waals surface area contributed by atoms with Crippen LogP contribution in [0.15, 0.2) is 24.3 Å². The number of hydrogen-bond donors (Lipinski definition) is 0. The SMILES string of the molecule is CN1C(=O)c2ccccc2OC2CN(CC3CC3)CC21. The van der Waals surface area contributed by atoms with Crippen LogP contribution < -0.4 is 4.74 Å². The second kappa shape index (κ2) is 4.48. The van der Waals surface area contributed by atoms with E-state index in [1.807, 2.05) is 36.2 Å². The number of fused-ring (bicyclic) bond motifs is 2. The molecule has 4 heteroatoms. The number of carbonyl (C=O) groups excluding carboxylic acids is 1. The van der Waals surface area contributed by atoms with Gasteiger partial charge in [-0.2, -0.15) is 0 Å². The minimum Gasteiger partial charge on any atom is -0.486 e. The molecule has 2 heterocycles. The minimum absolute atomic E-state index is 0.0846. The Morgan fingerprint density at radius 3 is 2.85 bits per heavy atom. The number of benzene rings is 1. The van der Waals surface area contributed by atoms with Gasteiger partial charge < -0.3 is 9.64 Å². The number of likely N-dealkylation sites (N-methyl/N-ethyl adjacent to an activating group) is 1. The van der Waals surface area contributed by atoms with Crippen molar-refractivity contribution in [2.45, 2.75) is 25.0 Å². The van der Waals surface area contributed by atoms with E-state index in [0.717, 1.165) is 24.8 Å². The third kappa shape index (κ3) is 1.99. The van der Waals surface area contributed by atoms with E-state index < -0.39 is 0 Å². The van der Waals surface area contributed by atoms with E-state index in [1.165, 1.54) is 19.4 Å². The zero-order valence-corrected chi connectivity index (χ0v) is 11.8. The lowest BCUT2D eigenvalue weighted by atomic mass is 10.1. The molecule has 3 aliphatic rings. The summed E-state index contributed by atoms with van der Waals surface area (Å²) in [7, 11) is 1.91. The number of rotatable bonds is 2. The second-order valence-corrected chi connectivity index (χ2v) is 6.30. The molecule has 1 saturated carbocycles. The van der Waals surface area contributed by atoms with Crippen molar-refractivity contribution in [1.29, 1.82) is 0 Å². The fraction of sp³-hybridized carbons (Fsp3) is 0.562. The maximum absolute atomic E-state index is 12.5. The molecule has 4 rings (SSSR count). The molecular weight excluding hydrogens is 252 g/mol. The monoisotopic (exact) mass is 272 g/mol. The van der Waals surface area contributed by atoms with Crippen LogP contribution in [0, 0.1) is 5.92 Å². The average molecular weight is 272 g/mol. The van der Waals surface area contributed by atoms with Crippen LogP contribution in [0.25, 0.3) is 0 Å². The molecule has 1 saturated heterocycles. The predicted octanol–water partition coefficient (Wildman–Crippen LogP) is 1.61. The van der Waals surface area contributed by atoms with Gasteiger partial charge in [-0.25, -0.2) is 0 Å². The standard InChI is InChI=1S/C16H20N2O2/c1-17-13-9-18(8-11-6-7-11)10-15(13)20-14-5-3-2-4-12(14)16(17)19/h2-5,11,13,15H,6-10H2,1H3. The van der Waals surface area contributed by atoms with Gasteiger partial charge >= 0.3 is 0 Å². The first-order chi connectivity index (χ1) is 9.72. The van der Waals surface area contributed by atoms with Crippen molar-refractivity contribution in [3.63, 3.8) is 0 Å². The summed E-state index contributed by atoms with van der Waals surface area (Å²) < 4.78 is 6.15. The lowest BCUT2D eigenvalue weighted by Crippen LogP contribution is -2.44. The molecule has 1 aromatic carbocycles. The lowest BCUT2D eigenvalue weighted by molar-refractivity contribution is 0.0682. The average Bonchev–Trinajstić information content (AvgIpc) is 3.19. The zero-order chi connectivity index (χ0) is 13.7. The Bertz CT molecular complexity index is 541. The molecule has 2 unspecified atom stereocenters. The van der Waals surface area contributed by atoms with E-state index in [1.54, 1.807) is 0 Å². The largest absolute Gasteiger partial charge is 0.486 e. The first-order valence-electron chi connectivity index (χ1n) is 7.47. The summed E-state index contributed by atoms with van der Waals surface area (Å²) in [6.07, 6.45) is 2.83. The van der Waals surface area contributed by atoms with Crippen molar-refractivity contribution in [3.05, 3.63) is 29.8 Å². The Morgan fingerprint density at radius 2 is 2.05 bits per heavy atom. The number of nitrogens with zero attached hydrogens (tertiary/aromatic N) is 2. The van der Waals surface area contributed by atoms with Crippen molar-refractivity contribution < 1.29 is 9.53 Å². The molecule has 0 spiro atoms. The van der Waals surface area contributed by atoms with E-state index in [4.69, 9.17) is 4.74 Å². The van der Waals surface area contributed by atoms with E-state index in [0.29, 0.717) is 5.56 Å². The van der Waals surface area contributed by atoms with Crippen molar-refractivity contribution >= 4 is 5.91 Å². The van der Waals surface area contributed by atoms with Crippen LogP contribution in [0.4, 0.5) is 0 Å². The highest BCUT2D eigenvalue weighted by molar-refractivity contribution is 5.97. The summed E-state index contributed by atoms with van der Waals surface area (Å²) in [4.78, 5) is 16.9. The van der Waals surface area contributed by atoms with Crippen LogP contribution in [-0.4, -0.2) is 54.5 Å². The van der Waals surface area contributed by atoms with Crippen LogP contribution in [0.2, 0.25) is 0 Å². The van der Waals surface area contributed by atoms with Crippen molar-refractivity contribution in [2.24, 2.45) is 5.92 Å². The molecule has 1 amide bonds. The van der Waals surface area contributed by atoms with Gasteiger partial charge in [-0.05, 0) is 30.9 Å². The minimum atomic E-state index is 0.0846. The van der Waals surface area contributed by atoms with E-state index in [9.17, 15) is 4.79 Å². The molecule has 2 atom stereocenters. The van der Waals surface area contributed by atoms with Crippen LogP contribution in [0.1, 0.15) is 23.2 Å². The van der Waals surface area contributed by atoms with Crippen LogP contribution in [-0.2, 0) is 0 Å². The molecule has 2 aliphatic heterocycles. The van der Waals surface area contributed by atoms with Crippen LogP contribution in [0.3, 0.4) is 0 Å². The van der Waals surface area contributed by atoms with Gasteiger partial charge in [0.15, 0.2) is 0 Å². The number of ether oxygens (including phenoxy) is 1. The Hall–Kier alpha value is -1.55. The number of para-hydroxylation sites is 1. The Labute approximate surface area is 119 Å². The third-order valence-electron chi connectivity index (χ3n) is 4.74. The maximum atomic E-state index is 12.5. The second-order valence-electron chi connectivity index (χ2n) is 6.30. The predicted molar refractivity (Wildman–Crippen MR) is 75.9 cm³/mol. The van der Waals surface area contributed by atoms with Crippen molar-refractivity contribution in [3.8, 4) is 5.75 Å². The van der Waals surface area contributed by atoms with Gasteiger partial charge in [-0.1, -0.05) is 12.1 Å². The summed E-state index contributed by atoms with van der Waals surface area (Å²) in [5, 5.41) is 0. The number of carbonyl (C=O) groups is 1. The fourth-order valence-corrected chi connectivity index (χ4v) is 3.38. The number of likely N-dealkylation sites (tertiary alicyclic amines) is 1. The highest BCUT2D eigenvalue weighted by Gasteiger charge is 2.43. The Morgan fingerprint density at radius 1 is 1.25 bits per heavy atom.